The summed E-state index contributed by atoms with van der Waals surface area (Å²) in [4.78, 5) is 11.9. The monoisotopic (exact) mass is 350 g/mol. The number of halogens is 3. The Bertz CT molecular complexity index is 813. The minimum absolute atomic E-state index is 0.00793. The number of rotatable bonds is 3. The molecule has 0 aliphatic rings. The lowest BCUT2D eigenvalue weighted by Crippen LogP contribution is -2.13. The lowest BCUT2D eigenvalue weighted by Gasteiger charge is -2.09. The molecule has 2 aromatic rings. The third-order valence-electron chi connectivity index (χ3n) is 2.57. The standard InChI is InChI=1S/C12H9F3N2O3S2/c13-12(14,15)8-2-1-3-9(5-8)17-11(18)7-4-10(21-6-7)22(16,19)20/h1-6H,(H,17,18)(H2,16,19,20). The molecular weight excluding hydrogens is 341 g/mol. The molecule has 118 valence electrons. The van der Waals surface area contributed by atoms with Gasteiger partial charge in [-0.2, -0.15) is 13.2 Å². The van der Waals surface area contributed by atoms with Gasteiger partial charge in [-0.3, -0.25) is 4.79 Å². The van der Waals surface area contributed by atoms with Crippen LogP contribution in [0.5, 0.6) is 0 Å². The smallest absolute Gasteiger partial charge is 0.322 e. The van der Waals surface area contributed by atoms with E-state index in [2.05, 4.69) is 5.32 Å². The lowest BCUT2D eigenvalue weighted by atomic mass is 10.2. The number of anilines is 1. The molecule has 2 rings (SSSR count). The summed E-state index contributed by atoms with van der Waals surface area (Å²) in [7, 11) is -3.92. The van der Waals surface area contributed by atoms with E-state index >= 15 is 0 Å². The fraction of sp³-hybridized carbons (Fsp3) is 0.0833. The first kappa shape index (κ1) is 16.5. The van der Waals surface area contributed by atoms with Gasteiger partial charge in [-0.1, -0.05) is 6.07 Å². The molecule has 0 spiro atoms. The minimum atomic E-state index is -4.52. The zero-order valence-electron chi connectivity index (χ0n) is 10.7. The molecule has 0 bridgehead atoms. The highest BCUT2D eigenvalue weighted by Crippen LogP contribution is 2.30. The highest BCUT2D eigenvalue weighted by molar-refractivity contribution is 7.91. The van der Waals surface area contributed by atoms with Crippen LogP contribution in [0.3, 0.4) is 0 Å². The molecule has 1 aromatic heterocycles. The maximum absolute atomic E-state index is 12.6. The largest absolute Gasteiger partial charge is 0.416 e. The van der Waals surface area contributed by atoms with Crippen LogP contribution in [-0.4, -0.2) is 14.3 Å². The molecule has 1 heterocycles. The fourth-order valence-electron chi connectivity index (χ4n) is 1.56. The summed E-state index contributed by atoms with van der Waals surface area (Å²) in [6.45, 7) is 0. The second-order valence-electron chi connectivity index (χ2n) is 4.23. The molecule has 0 atom stereocenters. The van der Waals surface area contributed by atoms with Gasteiger partial charge in [0.1, 0.15) is 4.21 Å². The van der Waals surface area contributed by atoms with E-state index in [-0.39, 0.29) is 15.5 Å². The Morgan fingerprint density at radius 1 is 1.23 bits per heavy atom. The van der Waals surface area contributed by atoms with Crippen LogP contribution >= 0.6 is 11.3 Å². The molecule has 5 nitrogen and oxygen atoms in total. The first-order valence-electron chi connectivity index (χ1n) is 5.67. The number of nitrogens with two attached hydrogens (primary N) is 1. The van der Waals surface area contributed by atoms with Crippen molar-refractivity contribution in [3.8, 4) is 0 Å². The van der Waals surface area contributed by atoms with Crippen LogP contribution < -0.4 is 10.5 Å². The Morgan fingerprint density at radius 2 is 1.91 bits per heavy atom. The van der Waals surface area contributed by atoms with Crippen molar-refractivity contribution in [3.05, 3.63) is 46.8 Å². The predicted molar refractivity (Wildman–Crippen MR) is 75.1 cm³/mol. The molecule has 0 fully saturated rings. The van der Waals surface area contributed by atoms with Gasteiger partial charge in [0.2, 0.25) is 10.0 Å². The van der Waals surface area contributed by atoms with Crippen molar-refractivity contribution < 1.29 is 26.4 Å². The molecule has 0 saturated carbocycles. The highest BCUT2D eigenvalue weighted by Gasteiger charge is 2.30. The summed E-state index contributed by atoms with van der Waals surface area (Å²) in [5.74, 6) is -0.731. The number of sulfonamides is 1. The molecule has 3 N–H and O–H groups in total. The average Bonchev–Trinajstić information content (AvgIpc) is 2.87. The molecule has 22 heavy (non-hydrogen) atoms. The molecule has 0 unspecified atom stereocenters. The Balaban J connectivity index is 2.21. The van der Waals surface area contributed by atoms with Gasteiger partial charge in [-0.15, -0.1) is 11.3 Å². The van der Waals surface area contributed by atoms with Gasteiger partial charge in [0.25, 0.3) is 5.91 Å². The highest BCUT2D eigenvalue weighted by atomic mass is 32.2. The second kappa shape index (κ2) is 5.71. The van der Waals surface area contributed by atoms with E-state index < -0.39 is 27.7 Å². The van der Waals surface area contributed by atoms with Gasteiger partial charge in [0, 0.05) is 11.1 Å². The third kappa shape index (κ3) is 3.84. The van der Waals surface area contributed by atoms with Crippen LogP contribution in [0.15, 0.2) is 39.9 Å². The van der Waals surface area contributed by atoms with Crippen molar-refractivity contribution in [3.63, 3.8) is 0 Å². The van der Waals surface area contributed by atoms with E-state index in [1.807, 2.05) is 0 Å². The molecule has 0 saturated heterocycles. The minimum Gasteiger partial charge on any atom is -0.322 e. The number of hydrogen-bond acceptors (Lipinski definition) is 4. The molecule has 1 aromatic carbocycles. The fourth-order valence-corrected chi connectivity index (χ4v) is 3.15. The van der Waals surface area contributed by atoms with Crippen LogP contribution in [0, 0.1) is 0 Å². The number of hydrogen-bond donors (Lipinski definition) is 2. The van der Waals surface area contributed by atoms with Crippen molar-refractivity contribution >= 4 is 33.0 Å². The number of benzene rings is 1. The Hall–Kier alpha value is -1.91. The van der Waals surface area contributed by atoms with E-state index in [0.29, 0.717) is 0 Å². The van der Waals surface area contributed by atoms with Gasteiger partial charge < -0.3 is 5.32 Å². The van der Waals surface area contributed by atoms with Crippen LogP contribution in [-0.2, 0) is 16.2 Å². The van der Waals surface area contributed by atoms with Gasteiger partial charge in [-0.25, -0.2) is 13.6 Å². The molecule has 1 amide bonds. The molecule has 10 heteroatoms. The normalized spacial score (nSPS) is 12.2. The van der Waals surface area contributed by atoms with Crippen molar-refractivity contribution in [1.82, 2.24) is 0 Å². The first-order chi connectivity index (χ1) is 10.1. The van der Waals surface area contributed by atoms with E-state index in [9.17, 15) is 26.4 Å². The summed E-state index contributed by atoms with van der Waals surface area (Å²) in [5.41, 5.74) is -0.963. The maximum Gasteiger partial charge on any atom is 0.416 e. The van der Waals surface area contributed by atoms with Gasteiger partial charge >= 0.3 is 6.18 Å². The van der Waals surface area contributed by atoms with Crippen LogP contribution in [0.25, 0.3) is 0 Å². The van der Waals surface area contributed by atoms with E-state index in [0.717, 1.165) is 35.6 Å². The summed E-state index contributed by atoms with van der Waals surface area (Å²) in [6, 6.07) is 5.16. The Labute approximate surface area is 127 Å². The zero-order valence-corrected chi connectivity index (χ0v) is 12.3. The number of carbonyl (C=O) groups excluding carboxylic acids is 1. The zero-order chi connectivity index (χ0) is 16.5. The molecule has 0 aliphatic heterocycles. The Kier molecular flexibility index (Phi) is 4.27. The van der Waals surface area contributed by atoms with E-state index in [1.165, 1.54) is 11.4 Å². The SMILES string of the molecule is NS(=O)(=O)c1cc(C(=O)Nc2cccc(C(F)(F)F)c2)cs1. The number of amides is 1. The maximum atomic E-state index is 12.6. The summed E-state index contributed by atoms with van der Waals surface area (Å²) in [6.07, 6.45) is -4.52. The number of primary sulfonamides is 1. The number of alkyl halides is 3. The van der Waals surface area contributed by atoms with E-state index in [4.69, 9.17) is 5.14 Å². The van der Waals surface area contributed by atoms with Gasteiger partial charge in [0.05, 0.1) is 11.1 Å². The summed E-state index contributed by atoms with van der Waals surface area (Å²) < 4.78 is 59.7. The van der Waals surface area contributed by atoms with Crippen LogP contribution in [0.1, 0.15) is 15.9 Å². The molecule has 0 radical (unpaired) electrons. The average molecular weight is 350 g/mol. The van der Waals surface area contributed by atoms with Crippen molar-refractivity contribution in [1.29, 1.82) is 0 Å². The lowest BCUT2D eigenvalue weighted by molar-refractivity contribution is -0.137. The topological polar surface area (TPSA) is 89.3 Å². The van der Waals surface area contributed by atoms with Crippen molar-refractivity contribution in [2.24, 2.45) is 5.14 Å². The third-order valence-corrected chi connectivity index (χ3v) is 4.95. The Morgan fingerprint density at radius 3 is 2.45 bits per heavy atom. The second-order valence-corrected chi connectivity index (χ2v) is 6.93. The van der Waals surface area contributed by atoms with Crippen LogP contribution in [0.4, 0.5) is 18.9 Å². The van der Waals surface area contributed by atoms with Crippen molar-refractivity contribution in [2.45, 2.75) is 10.4 Å². The molecule has 0 aliphatic carbocycles. The number of nitrogens with one attached hydrogen (secondary N) is 1. The number of thiophene rings is 1. The van der Waals surface area contributed by atoms with Crippen LogP contribution in [0.2, 0.25) is 0 Å². The first-order valence-corrected chi connectivity index (χ1v) is 8.10. The van der Waals surface area contributed by atoms with Gasteiger partial charge in [-0.05, 0) is 24.3 Å². The summed E-state index contributed by atoms with van der Waals surface area (Å²) in [5, 5.41) is 8.44. The van der Waals surface area contributed by atoms with E-state index in [1.54, 1.807) is 0 Å². The molecular formula is C12H9F3N2O3S2. The van der Waals surface area contributed by atoms with Crippen molar-refractivity contribution in [2.75, 3.05) is 5.32 Å². The quantitative estimate of drug-likeness (QED) is 0.892. The number of carbonyl (C=O) groups is 1. The summed E-state index contributed by atoms with van der Waals surface area (Å²) >= 11 is 0.749. The van der Waals surface area contributed by atoms with Gasteiger partial charge in [0.15, 0.2) is 0 Å². The predicted octanol–water partition coefficient (Wildman–Crippen LogP) is 2.67.